The smallest absolute Gasteiger partial charge is 0.244 e. The van der Waals surface area contributed by atoms with Gasteiger partial charge in [-0.2, -0.15) is 5.10 Å². The van der Waals surface area contributed by atoms with Crippen LogP contribution in [0.25, 0.3) is 11.3 Å². The van der Waals surface area contributed by atoms with Crippen LogP contribution in [0.2, 0.25) is 0 Å². The summed E-state index contributed by atoms with van der Waals surface area (Å²) in [4.78, 5) is 16.3. The summed E-state index contributed by atoms with van der Waals surface area (Å²) in [7, 11) is 1.90. The van der Waals surface area contributed by atoms with E-state index in [1.165, 1.54) is 11.0 Å². The highest BCUT2D eigenvalue weighted by Gasteiger charge is 2.36. The van der Waals surface area contributed by atoms with Gasteiger partial charge >= 0.3 is 0 Å². The van der Waals surface area contributed by atoms with Crippen molar-refractivity contribution >= 4 is 11.6 Å². The van der Waals surface area contributed by atoms with E-state index in [0.29, 0.717) is 25.3 Å². The first-order valence-electron chi connectivity index (χ1n) is 8.98. The predicted molar refractivity (Wildman–Crippen MR) is 103 cm³/mol. The van der Waals surface area contributed by atoms with Gasteiger partial charge in [-0.15, -0.1) is 0 Å². The minimum atomic E-state index is -0.367. The maximum absolute atomic E-state index is 14.0. The highest BCUT2D eigenvalue weighted by molar-refractivity contribution is 5.99. The van der Waals surface area contributed by atoms with Crippen LogP contribution < -0.4 is 4.90 Å². The van der Waals surface area contributed by atoms with Crippen LogP contribution in [-0.2, 0) is 11.5 Å². The first kappa shape index (κ1) is 17.4. The molecule has 1 aliphatic rings. The summed E-state index contributed by atoms with van der Waals surface area (Å²) in [6.45, 7) is 1.01. The molecule has 138 valence electrons. The van der Waals surface area contributed by atoms with Gasteiger partial charge in [0.05, 0.1) is 24.1 Å². The van der Waals surface area contributed by atoms with Crippen LogP contribution in [0.15, 0.2) is 66.9 Å². The van der Waals surface area contributed by atoms with Gasteiger partial charge in [-0.25, -0.2) is 4.39 Å². The van der Waals surface area contributed by atoms with E-state index >= 15 is 0 Å². The molecule has 0 bridgehead atoms. The molecule has 1 saturated heterocycles. The van der Waals surface area contributed by atoms with Crippen molar-refractivity contribution in [3.63, 3.8) is 0 Å². The third-order valence-electron chi connectivity index (χ3n) is 4.93. The third-order valence-corrected chi connectivity index (χ3v) is 4.93. The van der Waals surface area contributed by atoms with Crippen molar-refractivity contribution < 1.29 is 9.18 Å². The lowest BCUT2D eigenvalue weighted by atomic mass is 10.2. The van der Waals surface area contributed by atoms with Crippen molar-refractivity contribution in [3.05, 3.63) is 72.7 Å². The van der Waals surface area contributed by atoms with E-state index in [-0.39, 0.29) is 17.8 Å². The summed E-state index contributed by atoms with van der Waals surface area (Å²) < 4.78 is 15.9. The minimum Gasteiger partial charge on any atom is -0.308 e. The number of nitrogens with zero attached hydrogens (tertiary/aromatic N) is 4. The predicted octanol–water partition coefficient (Wildman–Crippen LogP) is 3.38. The number of halogens is 1. The number of rotatable bonds is 5. The molecule has 2 heterocycles. The zero-order valence-electron chi connectivity index (χ0n) is 15.1. The summed E-state index contributed by atoms with van der Waals surface area (Å²) in [6.07, 6.45) is 2.57. The second-order valence-electron chi connectivity index (χ2n) is 6.75. The SMILES string of the molecule is CN(Cn1ccc(-c2ccccc2)n1)C1CCN(c2ccccc2F)C1=O. The fourth-order valence-corrected chi connectivity index (χ4v) is 3.51. The summed E-state index contributed by atoms with van der Waals surface area (Å²) in [5.41, 5.74) is 2.31. The number of anilines is 1. The zero-order chi connectivity index (χ0) is 18.8. The summed E-state index contributed by atoms with van der Waals surface area (Å²) in [6, 6.07) is 18.1. The van der Waals surface area contributed by atoms with E-state index in [2.05, 4.69) is 5.10 Å². The van der Waals surface area contributed by atoms with Crippen molar-refractivity contribution in [3.8, 4) is 11.3 Å². The minimum absolute atomic E-state index is 0.0713. The van der Waals surface area contributed by atoms with Gasteiger partial charge in [0.2, 0.25) is 5.91 Å². The molecule has 1 amide bonds. The van der Waals surface area contributed by atoms with Crippen LogP contribution in [0.1, 0.15) is 6.42 Å². The maximum atomic E-state index is 14.0. The number of hydrogen-bond donors (Lipinski definition) is 0. The Labute approximate surface area is 157 Å². The number of para-hydroxylation sites is 1. The van der Waals surface area contributed by atoms with E-state index in [1.54, 1.807) is 18.2 Å². The Morgan fingerprint density at radius 3 is 2.63 bits per heavy atom. The average molecular weight is 364 g/mol. The first-order valence-corrected chi connectivity index (χ1v) is 8.98. The second-order valence-corrected chi connectivity index (χ2v) is 6.75. The average Bonchev–Trinajstić information content (AvgIpc) is 3.30. The van der Waals surface area contributed by atoms with Crippen molar-refractivity contribution in [2.24, 2.45) is 0 Å². The molecule has 0 radical (unpaired) electrons. The molecule has 1 fully saturated rings. The lowest BCUT2D eigenvalue weighted by Gasteiger charge is -2.23. The molecule has 27 heavy (non-hydrogen) atoms. The van der Waals surface area contributed by atoms with Gasteiger partial charge in [0.25, 0.3) is 0 Å². The summed E-state index contributed by atoms with van der Waals surface area (Å²) >= 11 is 0. The number of benzene rings is 2. The zero-order valence-corrected chi connectivity index (χ0v) is 15.1. The van der Waals surface area contributed by atoms with Crippen LogP contribution in [0.5, 0.6) is 0 Å². The second kappa shape index (κ2) is 7.32. The number of likely N-dealkylation sites (N-methyl/N-ethyl adjacent to an activating group) is 1. The lowest BCUT2D eigenvalue weighted by molar-refractivity contribution is -0.121. The van der Waals surface area contributed by atoms with E-state index < -0.39 is 0 Å². The Hall–Kier alpha value is -2.99. The first-order chi connectivity index (χ1) is 13.1. The van der Waals surface area contributed by atoms with Gasteiger partial charge < -0.3 is 4.90 Å². The fourth-order valence-electron chi connectivity index (χ4n) is 3.51. The molecule has 3 aromatic rings. The molecule has 0 N–H and O–H groups in total. The number of carbonyl (C=O) groups is 1. The molecule has 1 aliphatic heterocycles. The third kappa shape index (κ3) is 3.48. The Morgan fingerprint density at radius 2 is 1.85 bits per heavy atom. The molecule has 6 heteroatoms. The van der Waals surface area contributed by atoms with Gasteiger partial charge in [0.15, 0.2) is 0 Å². The monoisotopic (exact) mass is 364 g/mol. The Morgan fingerprint density at radius 1 is 1.11 bits per heavy atom. The molecule has 2 aromatic carbocycles. The Bertz CT molecular complexity index is 940. The molecule has 1 aromatic heterocycles. The molecule has 0 spiro atoms. The van der Waals surface area contributed by atoms with E-state index in [0.717, 1.165) is 11.3 Å². The summed E-state index contributed by atoms with van der Waals surface area (Å²) in [5.74, 6) is -0.438. The molecule has 1 unspecified atom stereocenters. The van der Waals surface area contributed by atoms with Crippen molar-refractivity contribution in [1.29, 1.82) is 0 Å². The van der Waals surface area contributed by atoms with E-state index in [1.807, 2.05) is 59.2 Å². The molecule has 4 rings (SSSR count). The highest BCUT2D eigenvalue weighted by atomic mass is 19.1. The van der Waals surface area contributed by atoms with Crippen molar-refractivity contribution in [2.75, 3.05) is 18.5 Å². The number of amides is 1. The van der Waals surface area contributed by atoms with Crippen LogP contribution in [0, 0.1) is 5.82 Å². The molecular formula is C21H21FN4O. The largest absolute Gasteiger partial charge is 0.308 e. The fraction of sp³-hybridized carbons (Fsp3) is 0.238. The van der Waals surface area contributed by atoms with Gasteiger partial charge in [-0.3, -0.25) is 14.4 Å². The van der Waals surface area contributed by atoms with E-state index in [9.17, 15) is 9.18 Å². The van der Waals surface area contributed by atoms with Crippen LogP contribution >= 0.6 is 0 Å². The molecular weight excluding hydrogens is 343 g/mol. The molecule has 5 nitrogen and oxygen atoms in total. The highest BCUT2D eigenvalue weighted by Crippen LogP contribution is 2.26. The summed E-state index contributed by atoms with van der Waals surface area (Å²) in [5, 5.41) is 4.60. The van der Waals surface area contributed by atoms with Crippen LogP contribution in [0.3, 0.4) is 0 Å². The topological polar surface area (TPSA) is 41.4 Å². The molecule has 1 atom stereocenters. The quantitative estimate of drug-likeness (QED) is 0.697. The normalized spacial score (nSPS) is 17.1. The Balaban J connectivity index is 1.45. The maximum Gasteiger partial charge on any atom is 0.244 e. The van der Waals surface area contributed by atoms with Gasteiger partial charge in [0, 0.05) is 18.3 Å². The van der Waals surface area contributed by atoms with Gasteiger partial charge in [-0.1, -0.05) is 42.5 Å². The number of aromatic nitrogens is 2. The van der Waals surface area contributed by atoms with Gasteiger partial charge in [0.1, 0.15) is 5.82 Å². The Kier molecular flexibility index (Phi) is 4.73. The molecule has 0 saturated carbocycles. The van der Waals surface area contributed by atoms with E-state index in [4.69, 9.17) is 0 Å². The van der Waals surface area contributed by atoms with Crippen LogP contribution in [-0.4, -0.2) is 40.2 Å². The molecule has 0 aliphatic carbocycles. The standard InChI is InChI=1S/C21H21FN4O/c1-24(15-25-13-11-18(23-25)16-7-3-2-4-8-16)20-12-14-26(21(20)27)19-10-6-5-9-17(19)22/h2-11,13,20H,12,14-15H2,1H3. The van der Waals surface area contributed by atoms with Crippen LogP contribution in [0.4, 0.5) is 10.1 Å². The van der Waals surface area contributed by atoms with Gasteiger partial charge in [-0.05, 0) is 31.7 Å². The van der Waals surface area contributed by atoms with Crippen molar-refractivity contribution in [2.45, 2.75) is 19.1 Å². The number of hydrogen-bond acceptors (Lipinski definition) is 3. The van der Waals surface area contributed by atoms with Crippen molar-refractivity contribution in [1.82, 2.24) is 14.7 Å². The number of carbonyl (C=O) groups excluding carboxylic acids is 1. The lowest BCUT2D eigenvalue weighted by Crippen LogP contribution is -2.40.